The van der Waals surface area contributed by atoms with Crippen LogP contribution in [0.15, 0.2) is 78.0 Å². The Balaban J connectivity index is 1.75. The van der Waals surface area contributed by atoms with Crippen molar-refractivity contribution in [2.45, 2.75) is 23.9 Å². The van der Waals surface area contributed by atoms with Crippen molar-refractivity contribution in [3.8, 4) is 0 Å². The molecule has 3 aromatic rings. The van der Waals surface area contributed by atoms with E-state index in [0.29, 0.717) is 6.54 Å². The van der Waals surface area contributed by atoms with Crippen LogP contribution in [0, 0.1) is 5.82 Å². The molecule has 0 saturated carbocycles. The van der Waals surface area contributed by atoms with Crippen molar-refractivity contribution in [3.05, 3.63) is 84.4 Å². The second-order valence-corrected chi connectivity index (χ2v) is 7.91. The van der Waals surface area contributed by atoms with Gasteiger partial charge in [-0.3, -0.25) is 9.48 Å². The van der Waals surface area contributed by atoms with E-state index in [1.54, 1.807) is 47.4 Å². The van der Waals surface area contributed by atoms with E-state index >= 15 is 0 Å². The van der Waals surface area contributed by atoms with Crippen molar-refractivity contribution in [2.75, 3.05) is 6.61 Å². The van der Waals surface area contributed by atoms with E-state index in [2.05, 4.69) is 9.82 Å². The number of hydrogen-bond acceptors (Lipinski definition) is 5. The number of hydrogen-bond donors (Lipinski definition) is 1. The first-order valence-electron chi connectivity index (χ1n) is 8.90. The standard InChI is InChI=1S/C20H20FN3O4S/c21-17-9-4-5-10-19(17)29(26,27)23-18(15-16-7-2-1-3-8-16)20(25)28-14-13-24-12-6-11-22-24/h1-12,18,23H,13-15H2/t18-/m0/s1. The van der Waals surface area contributed by atoms with Crippen LogP contribution in [-0.4, -0.2) is 36.8 Å². The number of rotatable bonds is 9. The second-order valence-electron chi connectivity index (χ2n) is 6.23. The average Bonchev–Trinajstić information content (AvgIpc) is 3.22. The van der Waals surface area contributed by atoms with Gasteiger partial charge in [-0.1, -0.05) is 42.5 Å². The van der Waals surface area contributed by atoms with Crippen molar-refractivity contribution in [2.24, 2.45) is 0 Å². The molecule has 2 aromatic carbocycles. The van der Waals surface area contributed by atoms with Gasteiger partial charge in [-0.25, -0.2) is 12.8 Å². The Hall–Kier alpha value is -3.04. The second kappa shape index (κ2) is 9.44. The van der Waals surface area contributed by atoms with Crippen LogP contribution in [-0.2, 0) is 32.5 Å². The topological polar surface area (TPSA) is 90.3 Å². The number of nitrogens with zero attached hydrogens (tertiary/aromatic N) is 2. The lowest BCUT2D eigenvalue weighted by molar-refractivity contribution is -0.146. The summed E-state index contributed by atoms with van der Waals surface area (Å²) in [6.45, 7) is 0.351. The summed E-state index contributed by atoms with van der Waals surface area (Å²) in [4.78, 5) is 12.1. The van der Waals surface area contributed by atoms with E-state index in [1.807, 2.05) is 6.07 Å². The van der Waals surface area contributed by atoms with Gasteiger partial charge in [-0.2, -0.15) is 9.82 Å². The molecule has 1 heterocycles. The summed E-state index contributed by atoms with van der Waals surface area (Å²) in [6, 6.07) is 14.4. The predicted molar refractivity (Wildman–Crippen MR) is 104 cm³/mol. The number of benzene rings is 2. The molecule has 0 fully saturated rings. The van der Waals surface area contributed by atoms with Gasteiger partial charge in [0.25, 0.3) is 0 Å². The van der Waals surface area contributed by atoms with Gasteiger partial charge in [0, 0.05) is 12.4 Å². The monoisotopic (exact) mass is 417 g/mol. The van der Waals surface area contributed by atoms with Crippen molar-refractivity contribution in [1.29, 1.82) is 0 Å². The molecule has 3 rings (SSSR count). The van der Waals surface area contributed by atoms with Gasteiger partial charge in [0.05, 0.1) is 6.54 Å². The quantitative estimate of drug-likeness (QED) is 0.539. The highest BCUT2D eigenvalue weighted by atomic mass is 32.2. The van der Waals surface area contributed by atoms with Gasteiger partial charge in [-0.05, 0) is 30.2 Å². The largest absolute Gasteiger partial charge is 0.463 e. The smallest absolute Gasteiger partial charge is 0.324 e. The molecule has 0 aliphatic carbocycles. The Labute approximate surface area is 168 Å². The van der Waals surface area contributed by atoms with E-state index in [4.69, 9.17) is 4.74 Å². The molecule has 0 bridgehead atoms. The van der Waals surface area contributed by atoms with E-state index in [-0.39, 0.29) is 13.0 Å². The fraction of sp³-hybridized carbons (Fsp3) is 0.200. The number of aromatic nitrogens is 2. The summed E-state index contributed by atoms with van der Waals surface area (Å²) in [5, 5.41) is 4.01. The van der Waals surface area contributed by atoms with Gasteiger partial charge >= 0.3 is 5.97 Å². The molecule has 0 unspecified atom stereocenters. The van der Waals surface area contributed by atoms with Gasteiger partial charge in [0.2, 0.25) is 10.0 Å². The molecule has 0 aliphatic heterocycles. The van der Waals surface area contributed by atoms with E-state index in [0.717, 1.165) is 17.7 Å². The van der Waals surface area contributed by atoms with Gasteiger partial charge in [-0.15, -0.1) is 0 Å². The highest BCUT2D eigenvalue weighted by Gasteiger charge is 2.29. The number of carbonyl (C=O) groups excluding carboxylic acids is 1. The van der Waals surface area contributed by atoms with Gasteiger partial charge in [0.15, 0.2) is 0 Å². The van der Waals surface area contributed by atoms with Crippen LogP contribution in [0.4, 0.5) is 4.39 Å². The normalized spacial score (nSPS) is 12.4. The van der Waals surface area contributed by atoms with Crippen molar-refractivity contribution >= 4 is 16.0 Å². The maximum absolute atomic E-state index is 14.0. The van der Waals surface area contributed by atoms with Crippen LogP contribution in [0.5, 0.6) is 0 Å². The van der Waals surface area contributed by atoms with Gasteiger partial charge < -0.3 is 4.74 Å². The lowest BCUT2D eigenvalue weighted by Crippen LogP contribution is -2.43. The first-order chi connectivity index (χ1) is 14.0. The zero-order chi connectivity index (χ0) is 20.7. The van der Waals surface area contributed by atoms with Crippen LogP contribution < -0.4 is 4.72 Å². The molecule has 0 radical (unpaired) electrons. The van der Waals surface area contributed by atoms with Crippen molar-refractivity contribution in [3.63, 3.8) is 0 Å². The van der Waals surface area contributed by atoms with E-state index < -0.39 is 32.7 Å². The Morgan fingerprint density at radius 2 is 1.83 bits per heavy atom. The minimum absolute atomic E-state index is 0.0211. The van der Waals surface area contributed by atoms with E-state index in [1.165, 1.54) is 12.1 Å². The summed E-state index contributed by atoms with van der Waals surface area (Å²) in [5.74, 6) is -1.65. The number of ether oxygens (including phenoxy) is 1. The summed E-state index contributed by atoms with van der Waals surface area (Å²) >= 11 is 0. The minimum Gasteiger partial charge on any atom is -0.463 e. The molecule has 1 N–H and O–H groups in total. The SMILES string of the molecule is O=C(OCCn1cccn1)[C@H](Cc1ccccc1)NS(=O)(=O)c1ccccc1F. The molecule has 0 amide bonds. The maximum Gasteiger partial charge on any atom is 0.324 e. The van der Waals surface area contributed by atoms with Gasteiger partial charge in [0.1, 0.15) is 23.4 Å². The van der Waals surface area contributed by atoms with Crippen LogP contribution in [0.3, 0.4) is 0 Å². The lowest BCUT2D eigenvalue weighted by Gasteiger charge is -2.18. The fourth-order valence-electron chi connectivity index (χ4n) is 2.71. The molecule has 152 valence electrons. The number of carbonyl (C=O) groups is 1. The third-order valence-electron chi connectivity index (χ3n) is 4.11. The average molecular weight is 417 g/mol. The number of sulfonamides is 1. The molecule has 1 atom stereocenters. The number of nitrogens with one attached hydrogen (secondary N) is 1. The van der Waals surface area contributed by atoms with Crippen LogP contribution in [0.1, 0.15) is 5.56 Å². The Bertz CT molecular complexity index is 1040. The summed E-state index contributed by atoms with van der Waals surface area (Å²) in [7, 11) is -4.27. The zero-order valence-corrected chi connectivity index (χ0v) is 16.3. The summed E-state index contributed by atoms with van der Waals surface area (Å²) < 4.78 is 48.4. The third kappa shape index (κ3) is 5.72. The molecule has 29 heavy (non-hydrogen) atoms. The Morgan fingerprint density at radius 1 is 1.10 bits per heavy atom. The highest BCUT2D eigenvalue weighted by Crippen LogP contribution is 2.15. The third-order valence-corrected chi connectivity index (χ3v) is 5.62. The van der Waals surface area contributed by atoms with Crippen molar-refractivity contribution in [1.82, 2.24) is 14.5 Å². The first kappa shape index (κ1) is 20.7. The molecule has 0 aliphatic rings. The zero-order valence-electron chi connectivity index (χ0n) is 15.4. The predicted octanol–water partition coefficient (Wildman–Crippen LogP) is 2.16. The van der Waals surface area contributed by atoms with E-state index in [9.17, 15) is 17.6 Å². The fourth-order valence-corrected chi connectivity index (χ4v) is 3.97. The molecule has 0 saturated heterocycles. The van der Waals surface area contributed by atoms with Crippen LogP contribution in [0.25, 0.3) is 0 Å². The Kier molecular flexibility index (Phi) is 6.73. The molecule has 1 aromatic heterocycles. The minimum atomic E-state index is -4.27. The first-order valence-corrected chi connectivity index (χ1v) is 10.4. The molecular weight excluding hydrogens is 397 g/mol. The van der Waals surface area contributed by atoms with Crippen molar-refractivity contribution < 1.29 is 22.3 Å². The molecule has 9 heteroatoms. The molecule has 7 nitrogen and oxygen atoms in total. The Morgan fingerprint density at radius 3 is 2.52 bits per heavy atom. The number of halogens is 1. The summed E-state index contributed by atoms with van der Waals surface area (Å²) in [6.07, 6.45) is 3.38. The lowest BCUT2D eigenvalue weighted by atomic mass is 10.1. The van der Waals surface area contributed by atoms with Crippen LogP contribution in [0.2, 0.25) is 0 Å². The molecular formula is C20H20FN3O4S. The highest BCUT2D eigenvalue weighted by molar-refractivity contribution is 7.89. The molecule has 0 spiro atoms. The summed E-state index contributed by atoms with van der Waals surface area (Å²) in [5.41, 5.74) is 0.734. The van der Waals surface area contributed by atoms with Crippen LogP contribution >= 0.6 is 0 Å². The number of esters is 1. The maximum atomic E-state index is 14.0.